The van der Waals surface area contributed by atoms with Gasteiger partial charge in [-0.2, -0.15) is 0 Å². The van der Waals surface area contributed by atoms with Crippen LogP contribution in [0.25, 0.3) is 0 Å². The maximum atomic E-state index is 6.20. The molecule has 295 valence electrons. The molecular formula is C49H51FeN8. The Kier molecular flexibility index (Phi) is 12.6. The fourth-order valence-electron chi connectivity index (χ4n) is 8.38. The van der Waals surface area contributed by atoms with Crippen LogP contribution in [0.3, 0.4) is 0 Å². The van der Waals surface area contributed by atoms with E-state index < -0.39 is 0 Å². The Morgan fingerprint density at radius 3 is 1.29 bits per heavy atom. The van der Waals surface area contributed by atoms with E-state index in [1.807, 2.05) is 57.3 Å². The predicted molar refractivity (Wildman–Crippen MR) is 239 cm³/mol. The van der Waals surface area contributed by atoms with Crippen LogP contribution in [-0.4, -0.2) is 35.1 Å². The molecule has 9 rings (SSSR count). The molecule has 3 aliphatic heterocycles. The number of aromatic nitrogens is 2. The van der Waals surface area contributed by atoms with Crippen molar-refractivity contribution in [3.8, 4) is 0 Å². The first-order valence-corrected chi connectivity index (χ1v) is 19.4. The average molecular weight is 808 g/mol. The van der Waals surface area contributed by atoms with Gasteiger partial charge >= 0.3 is 17.1 Å². The van der Waals surface area contributed by atoms with E-state index in [-0.39, 0.29) is 60.3 Å². The van der Waals surface area contributed by atoms with Gasteiger partial charge in [0.2, 0.25) is 0 Å². The monoisotopic (exact) mass is 807 g/mol. The third-order valence-electron chi connectivity index (χ3n) is 11.2. The van der Waals surface area contributed by atoms with Crippen LogP contribution >= 0.6 is 0 Å². The van der Waals surface area contributed by atoms with Gasteiger partial charge in [0.15, 0.2) is 0 Å². The van der Waals surface area contributed by atoms with Crippen LogP contribution in [0.2, 0.25) is 0 Å². The van der Waals surface area contributed by atoms with Crippen LogP contribution in [0.4, 0.5) is 22.7 Å². The summed E-state index contributed by atoms with van der Waals surface area (Å²) in [5.41, 5.74) is 32.0. The summed E-state index contributed by atoms with van der Waals surface area (Å²) in [6, 6.07) is 41.2. The van der Waals surface area contributed by atoms with Gasteiger partial charge in [0.05, 0.1) is 12.1 Å². The summed E-state index contributed by atoms with van der Waals surface area (Å²) in [6.07, 6.45) is 8.79. The molecular weight excluding hydrogens is 756 g/mol. The maximum Gasteiger partial charge on any atom is 3.00 e. The summed E-state index contributed by atoms with van der Waals surface area (Å²) in [7, 11) is 6.65. The van der Waals surface area contributed by atoms with Gasteiger partial charge in [-0.15, -0.1) is 30.6 Å². The first-order chi connectivity index (χ1) is 27.3. The fourth-order valence-corrected chi connectivity index (χ4v) is 8.38. The number of nitrogen functional groups attached to an aromatic ring is 3. The van der Waals surface area contributed by atoms with E-state index in [1.165, 1.54) is 0 Å². The van der Waals surface area contributed by atoms with Gasteiger partial charge in [0, 0.05) is 64.9 Å². The molecule has 2 aromatic heterocycles. The molecule has 8 nitrogen and oxygen atoms in total. The van der Waals surface area contributed by atoms with Gasteiger partial charge in [-0.1, -0.05) is 98.1 Å². The van der Waals surface area contributed by atoms with Crippen molar-refractivity contribution in [3.05, 3.63) is 205 Å². The second-order valence-electron chi connectivity index (χ2n) is 14.4. The Morgan fingerprint density at radius 2 is 0.914 bits per heavy atom. The minimum absolute atomic E-state index is 0. The number of hydrogen-bond donors (Lipinski definition) is 4. The van der Waals surface area contributed by atoms with Crippen molar-refractivity contribution in [2.45, 2.75) is 49.6 Å². The molecule has 0 spiro atoms. The SMILES string of the molecule is CC.[CH2-]n1c2ccc1C(c1ccc(NC)cc1)C1=NC(C=C1)C(c1ccc(N)cc1)c1ccc([n-]1)C(c1ccc(N)cc1)C1C=CC(=N1)C2c1ccc(N)cc1.[CH3-].[Fe+3]. The van der Waals surface area contributed by atoms with Crippen molar-refractivity contribution in [1.29, 1.82) is 0 Å². The molecule has 4 aromatic carbocycles. The van der Waals surface area contributed by atoms with E-state index >= 15 is 0 Å². The Hall–Kier alpha value is -6.15. The standard InChI is InChI=1S/C46H42N8.C2H6.CH3.Fe/c1-50-34-17-9-30(10-18-34)46-40-24-22-38(53-40)44(28-5-13-32(48)14-6-28)36-20-19-35(51-36)43(27-3-11-31(47)12-4-27)37-21-23-39(52-37)45(29-7-15-33(49)16-8-29)41-25-26-42(46)54(41)2;1-2;;/h3-26,37-38,43-46,50H,2,47-49H2,1H3;1-2H3;1H3;/q-2;;-1;+3. The van der Waals surface area contributed by atoms with Crippen LogP contribution < -0.4 is 27.5 Å². The zero-order valence-corrected chi connectivity index (χ0v) is 34.5. The Morgan fingerprint density at radius 1 is 0.552 bits per heavy atom. The molecule has 0 saturated carbocycles. The van der Waals surface area contributed by atoms with Crippen LogP contribution in [0, 0.1) is 14.5 Å². The van der Waals surface area contributed by atoms with Crippen LogP contribution in [0.1, 0.15) is 82.5 Å². The van der Waals surface area contributed by atoms with Crippen LogP contribution in [0.5, 0.6) is 0 Å². The number of nitrogens with two attached hydrogens (primary N) is 3. The number of rotatable bonds is 5. The molecule has 0 fully saturated rings. The summed E-state index contributed by atoms with van der Waals surface area (Å²) in [6.45, 7) is 4.00. The molecule has 0 amide bonds. The summed E-state index contributed by atoms with van der Waals surface area (Å²) in [5, 5.41) is 3.26. The van der Waals surface area contributed by atoms with E-state index in [0.717, 1.165) is 62.1 Å². The molecule has 8 bridgehead atoms. The summed E-state index contributed by atoms with van der Waals surface area (Å²) in [5.74, 6) is -0.666. The number of nitrogens with one attached hydrogen (secondary N) is 1. The summed E-state index contributed by atoms with van der Waals surface area (Å²) >= 11 is 0. The quantitative estimate of drug-likeness (QED) is 0.0783. The van der Waals surface area contributed by atoms with Gasteiger partial charge in [0.1, 0.15) is 0 Å². The molecule has 6 atom stereocenters. The molecule has 6 unspecified atom stereocenters. The third-order valence-corrected chi connectivity index (χ3v) is 11.2. The van der Waals surface area contributed by atoms with Crippen molar-refractivity contribution in [3.63, 3.8) is 0 Å². The fraction of sp³-hybridized carbons (Fsp3) is 0.184. The van der Waals surface area contributed by atoms with E-state index in [4.69, 9.17) is 39.2 Å². The van der Waals surface area contributed by atoms with Crippen molar-refractivity contribution < 1.29 is 17.1 Å². The Labute approximate surface area is 353 Å². The summed E-state index contributed by atoms with van der Waals surface area (Å²) < 4.78 is 2.09. The van der Waals surface area contributed by atoms with Crippen molar-refractivity contribution in [1.82, 2.24) is 9.55 Å². The van der Waals surface area contributed by atoms with Gasteiger partial charge in [-0.05, 0) is 82.9 Å². The number of allylic oxidation sites excluding steroid dienone is 2. The first kappa shape index (κ1) is 41.5. The van der Waals surface area contributed by atoms with Gasteiger partial charge in [-0.25, -0.2) is 0 Å². The van der Waals surface area contributed by atoms with Gasteiger partial charge in [0.25, 0.3) is 0 Å². The topological polar surface area (TPSA) is 134 Å². The number of nitrogens with zero attached hydrogens (tertiary/aromatic N) is 4. The minimum Gasteiger partial charge on any atom is -0.664 e. The van der Waals surface area contributed by atoms with E-state index in [2.05, 4.69) is 119 Å². The smallest absolute Gasteiger partial charge is 0.664 e. The molecule has 0 aliphatic carbocycles. The summed E-state index contributed by atoms with van der Waals surface area (Å²) in [4.78, 5) is 16.5. The third kappa shape index (κ3) is 7.76. The molecule has 6 aromatic rings. The second kappa shape index (κ2) is 17.6. The molecule has 9 heteroatoms. The normalized spacial score (nSPS) is 21.4. The molecule has 3 aliphatic rings. The van der Waals surface area contributed by atoms with E-state index in [9.17, 15) is 0 Å². The Bertz CT molecular complexity index is 2430. The predicted octanol–water partition coefficient (Wildman–Crippen LogP) is 9.35. The zero-order chi connectivity index (χ0) is 38.9. The van der Waals surface area contributed by atoms with Crippen LogP contribution in [-0.2, 0) is 17.1 Å². The molecule has 58 heavy (non-hydrogen) atoms. The number of aliphatic imine (C=N–C) groups is 2. The molecule has 1 radical (unpaired) electrons. The number of anilines is 4. The van der Waals surface area contributed by atoms with Crippen LogP contribution in [0.15, 0.2) is 156 Å². The average Bonchev–Trinajstić information content (AvgIpc) is 4.06. The van der Waals surface area contributed by atoms with Crippen molar-refractivity contribution in [2.75, 3.05) is 29.6 Å². The maximum absolute atomic E-state index is 6.20. The van der Waals surface area contributed by atoms with Crippen molar-refractivity contribution >= 4 is 34.2 Å². The zero-order valence-electron chi connectivity index (χ0n) is 33.4. The second-order valence-corrected chi connectivity index (χ2v) is 14.4. The molecule has 7 N–H and O–H groups in total. The van der Waals surface area contributed by atoms with E-state index in [0.29, 0.717) is 17.1 Å². The van der Waals surface area contributed by atoms with Gasteiger partial charge < -0.3 is 39.5 Å². The molecule has 0 saturated heterocycles. The number of hydrogen-bond acceptors (Lipinski definition) is 6. The number of fused-ring (bicyclic) bond motifs is 6. The van der Waals surface area contributed by atoms with Gasteiger partial charge in [-0.3, -0.25) is 9.98 Å². The minimum atomic E-state index is -0.201. The largest absolute Gasteiger partial charge is 3.00 e. The number of benzene rings is 4. The van der Waals surface area contributed by atoms with Crippen molar-refractivity contribution in [2.24, 2.45) is 9.98 Å². The first-order valence-electron chi connectivity index (χ1n) is 19.4. The Balaban J connectivity index is 0.00000140. The van der Waals surface area contributed by atoms with E-state index in [1.54, 1.807) is 0 Å². The molecule has 5 heterocycles.